The Morgan fingerprint density at radius 3 is 2.86 bits per heavy atom. The predicted octanol–water partition coefficient (Wildman–Crippen LogP) is 2.73. The van der Waals surface area contributed by atoms with Crippen LogP contribution in [0.1, 0.15) is 39.5 Å². The van der Waals surface area contributed by atoms with E-state index in [0.717, 1.165) is 32.3 Å². The van der Waals surface area contributed by atoms with Crippen molar-refractivity contribution in [2.45, 2.75) is 45.6 Å². The molecule has 0 aromatic carbocycles. The molecule has 1 aliphatic heterocycles. The quantitative estimate of drug-likeness (QED) is 0.356. The summed E-state index contributed by atoms with van der Waals surface area (Å²) in [4.78, 5) is 11.3. The van der Waals surface area contributed by atoms with Gasteiger partial charge < -0.3 is 4.74 Å². The van der Waals surface area contributed by atoms with Gasteiger partial charge in [-0.2, -0.15) is 0 Å². The molecule has 1 heterocycles. The van der Waals surface area contributed by atoms with Crippen LogP contribution in [-0.4, -0.2) is 18.5 Å². The molecule has 2 nitrogen and oxygen atoms in total. The van der Waals surface area contributed by atoms with E-state index in [1.165, 1.54) is 0 Å². The van der Waals surface area contributed by atoms with Crippen LogP contribution in [0.5, 0.6) is 0 Å². The molecule has 2 heteroatoms. The van der Waals surface area contributed by atoms with Crippen LogP contribution in [0.25, 0.3) is 0 Å². The molecule has 1 rings (SSSR count). The number of Topliss-reactive ketones (excluding diaryl/α,β-unsaturated/α-hetero) is 1. The molecule has 1 saturated heterocycles. The molecular weight excluding hydrogens is 176 g/mol. The van der Waals surface area contributed by atoms with Gasteiger partial charge in [0.2, 0.25) is 0 Å². The number of hydrogen-bond donors (Lipinski definition) is 0. The average molecular weight is 196 g/mol. The number of epoxide rings is 1. The van der Waals surface area contributed by atoms with Crippen LogP contribution in [0.15, 0.2) is 12.2 Å². The van der Waals surface area contributed by atoms with E-state index in [2.05, 4.69) is 26.0 Å². The van der Waals surface area contributed by atoms with Gasteiger partial charge in [0, 0.05) is 12.8 Å². The number of unbranched alkanes of at least 4 members (excludes halogenated alkanes) is 1. The lowest BCUT2D eigenvalue weighted by Crippen LogP contribution is -2.01. The van der Waals surface area contributed by atoms with Gasteiger partial charge in [-0.1, -0.05) is 26.0 Å². The van der Waals surface area contributed by atoms with Crippen LogP contribution in [0.4, 0.5) is 0 Å². The van der Waals surface area contributed by atoms with Gasteiger partial charge in [-0.15, -0.1) is 0 Å². The van der Waals surface area contributed by atoms with Gasteiger partial charge in [0.05, 0.1) is 12.7 Å². The Bertz CT molecular complexity index is 202. The van der Waals surface area contributed by atoms with Crippen molar-refractivity contribution in [3.05, 3.63) is 12.2 Å². The minimum absolute atomic E-state index is 0.376. The predicted molar refractivity (Wildman–Crippen MR) is 57.2 cm³/mol. The van der Waals surface area contributed by atoms with Crippen molar-refractivity contribution in [3.8, 4) is 0 Å². The summed E-state index contributed by atoms with van der Waals surface area (Å²) in [6.45, 7) is 5.05. The first-order valence-corrected chi connectivity index (χ1v) is 5.48. The van der Waals surface area contributed by atoms with Crippen LogP contribution in [0, 0.1) is 5.92 Å². The number of hydrogen-bond acceptors (Lipinski definition) is 2. The maximum atomic E-state index is 11.3. The Hall–Kier alpha value is -0.630. The van der Waals surface area contributed by atoms with Crippen LogP contribution >= 0.6 is 0 Å². The fourth-order valence-corrected chi connectivity index (χ4v) is 1.39. The van der Waals surface area contributed by atoms with Gasteiger partial charge in [0.25, 0.3) is 0 Å². The lowest BCUT2D eigenvalue weighted by atomic mass is 10.0. The van der Waals surface area contributed by atoms with E-state index in [9.17, 15) is 4.79 Å². The number of ketones is 1. The fourth-order valence-electron chi connectivity index (χ4n) is 1.39. The molecule has 1 aliphatic rings. The van der Waals surface area contributed by atoms with Gasteiger partial charge in [0.1, 0.15) is 5.78 Å². The Labute approximate surface area is 86.3 Å². The topological polar surface area (TPSA) is 29.6 Å². The number of ether oxygens (including phenoxy) is 1. The molecule has 14 heavy (non-hydrogen) atoms. The minimum atomic E-state index is 0.376. The zero-order valence-electron chi connectivity index (χ0n) is 9.16. The molecule has 0 aromatic heterocycles. The van der Waals surface area contributed by atoms with Crippen molar-refractivity contribution < 1.29 is 9.53 Å². The van der Waals surface area contributed by atoms with Crippen molar-refractivity contribution in [3.63, 3.8) is 0 Å². The Morgan fingerprint density at radius 1 is 1.57 bits per heavy atom. The highest BCUT2D eigenvalue weighted by Gasteiger charge is 2.17. The van der Waals surface area contributed by atoms with Crippen molar-refractivity contribution in [1.82, 2.24) is 0 Å². The summed E-state index contributed by atoms with van der Waals surface area (Å²) in [6, 6.07) is 0. The van der Waals surface area contributed by atoms with Crippen LogP contribution in [-0.2, 0) is 9.53 Å². The summed E-state index contributed by atoms with van der Waals surface area (Å²) < 4.78 is 5.04. The number of carbonyl (C=O) groups excluding carboxylic acids is 1. The molecule has 0 saturated carbocycles. The third-order valence-electron chi connectivity index (χ3n) is 2.17. The first kappa shape index (κ1) is 11.4. The van der Waals surface area contributed by atoms with Crippen molar-refractivity contribution in [1.29, 1.82) is 0 Å². The monoisotopic (exact) mass is 196 g/mol. The number of rotatable bonds is 7. The highest BCUT2D eigenvalue weighted by Crippen LogP contribution is 2.11. The van der Waals surface area contributed by atoms with E-state index in [4.69, 9.17) is 4.74 Å². The summed E-state index contributed by atoms with van der Waals surface area (Å²) >= 11 is 0. The first-order valence-electron chi connectivity index (χ1n) is 5.48. The molecule has 0 aliphatic carbocycles. The molecule has 0 amide bonds. The third kappa shape index (κ3) is 5.92. The Balaban J connectivity index is 1.94. The summed E-state index contributed by atoms with van der Waals surface area (Å²) in [6.07, 6.45) is 8.04. The fraction of sp³-hybridized carbons (Fsp3) is 0.750. The smallest absolute Gasteiger partial charge is 0.133 e. The second-order valence-electron chi connectivity index (χ2n) is 4.33. The summed E-state index contributed by atoms with van der Waals surface area (Å²) in [5.41, 5.74) is 0. The van der Waals surface area contributed by atoms with Gasteiger partial charge in [0.15, 0.2) is 0 Å². The van der Waals surface area contributed by atoms with E-state index in [1.807, 2.05) is 0 Å². The zero-order valence-corrected chi connectivity index (χ0v) is 9.16. The summed E-state index contributed by atoms with van der Waals surface area (Å²) in [5, 5.41) is 0. The second-order valence-corrected chi connectivity index (χ2v) is 4.33. The molecule has 0 aromatic rings. The largest absolute Gasteiger partial charge is 0.369 e. The molecule has 0 N–H and O–H groups in total. The Morgan fingerprint density at radius 2 is 2.29 bits per heavy atom. The maximum Gasteiger partial charge on any atom is 0.133 e. The minimum Gasteiger partial charge on any atom is -0.369 e. The summed E-state index contributed by atoms with van der Waals surface area (Å²) in [7, 11) is 0. The summed E-state index contributed by atoms with van der Waals surface area (Å²) in [5.74, 6) is 0.897. The van der Waals surface area contributed by atoms with Crippen molar-refractivity contribution in [2.24, 2.45) is 5.92 Å². The standard InChI is InChI=1S/C12H20O2/c1-10(2)8-11(13)6-4-3-5-7-12-9-14-12/h5,7,10,12H,3-4,6,8-9H2,1-2H3/b7-5+/t12-/m0/s1. The van der Waals surface area contributed by atoms with Gasteiger partial charge in [-0.05, 0) is 18.8 Å². The van der Waals surface area contributed by atoms with Gasteiger partial charge in [-0.25, -0.2) is 0 Å². The molecule has 0 spiro atoms. The highest BCUT2D eigenvalue weighted by molar-refractivity contribution is 5.78. The molecular formula is C12H20O2. The lowest BCUT2D eigenvalue weighted by molar-refractivity contribution is -0.119. The first-order chi connectivity index (χ1) is 6.68. The van der Waals surface area contributed by atoms with Gasteiger partial charge >= 0.3 is 0 Å². The molecule has 0 unspecified atom stereocenters. The Kier molecular flexibility index (Phi) is 4.88. The zero-order chi connectivity index (χ0) is 10.4. The van der Waals surface area contributed by atoms with Crippen molar-refractivity contribution in [2.75, 3.05) is 6.61 Å². The van der Waals surface area contributed by atoms with E-state index < -0.39 is 0 Å². The van der Waals surface area contributed by atoms with Crippen LogP contribution in [0.2, 0.25) is 0 Å². The number of allylic oxidation sites excluding steroid dienone is 1. The second kappa shape index (κ2) is 5.97. The van der Waals surface area contributed by atoms with Crippen molar-refractivity contribution >= 4 is 5.78 Å². The van der Waals surface area contributed by atoms with Crippen LogP contribution < -0.4 is 0 Å². The molecule has 0 radical (unpaired) electrons. The van der Waals surface area contributed by atoms with Crippen LogP contribution in [0.3, 0.4) is 0 Å². The van der Waals surface area contributed by atoms with E-state index in [0.29, 0.717) is 17.8 Å². The highest BCUT2D eigenvalue weighted by atomic mass is 16.6. The number of carbonyl (C=O) groups is 1. The normalized spacial score (nSPS) is 20.6. The molecule has 80 valence electrons. The third-order valence-corrected chi connectivity index (χ3v) is 2.17. The molecule has 1 atom stereocenters. The van der Waals surface area contributed by atoms with E-state index in [-0.39, 0.29) is 0 Å². The lowest BCUT2D eigenvalue weighted by Gasteiger charge is -2.01. The SMILES string of the molecule is CC(C)CC(=O)CCC/C=C/[C@H]1CO1. The van der Waals surface area contributed by atoms with E-state index in [1.54, 1.807) is 0 Å². The van der Waals surface area contributed by atoms with E-state index >= 15 is 0 Å². The maximum absolute atomic E-state index is 11.3. The average Bonchev–Trinajstić information content (AvgIpc) is 2.86. The molecule has 1 fully saturated rings. The van der Waals surface area contributed by atoms with Gasteiger partial charge in [-0.3, -0.25) is 4.79 Å². The molecule has 0 bridgehead atoms.